The van der Waals surface area contributed by atoms with Crippen LogP contribution in [0.1, 0.15) is 31.1 Å². The summed E-state index contributed by atoms with van der Waals surface area (Å²) in [4.78, 5) is 31.8. The number of hydrogen-bond acceptors (Lipinski definition) is 6. The highest BCUT2D eigenvalue weighted by Gasteiger charge is 2.20. The van der Waals surface area contributed by atoms with Gasteiger partial charge in [0.25, 0.3) is 0 Å². The summed E-state index contributed by atoms with van der Waals surface area (Å²) < 4.78 is 10.5. The smallest absolute Gasteiger partial charge is 0.412 e. The average Bonchev–Trinajstić information content (AvgIpc) is 2.52. The van der Waals surface area contributed by atoms with Crippen LogP contribution in [0.5, 0.6) is 5.75 Å². The van der Waals surface area contributed by atoms with Crippen molar-refractivity contribution in [1.82, 2.24) is 9.97 Å². The highest BCUT2D eigenvalue weighted by Crippen LogP contribution is 2.33. The Kier molecular flexibility index (Phi) is 5.58. The topological polar surface area (TPSA) is 90.4 Å². The number of aldehydes is 1. The van der Waals surface area contributed by atoms with Gasteiger partial charge in [-0.2, -0.15) is 0 Å². The number of nitrogens with one attached hydrogen (secondary N) is 1. The predicted octanol–water partition coefficient (Wildman–Crippen LogP) is 3.97. The van der Waals surface area contributed by atoms with Crippen molar-refractivity contribution >= 4 is 29.7 Å². The Labute approximate surface area is 150 Å². The minimum Gasteiger partial charge on any atom is -0.496 e. The summed E-state index contributed by atoms with van der Waals surface area (Å²) in [5.74, 6) is 0.407. The lowest BCUT2D eigenvalue weighted by Gasteiger charge is -2.20. The third-order valence-electron chi connectivity index (χ3n) is 3.05. The lowest BCUT2D eigenvalue weighted by Crippen LogP contribution is -2.27. The van der Waals surface area contributed by atoms with Crippen LogP contribution in [-0.4, -0.2) is 35.1 Å². The van der Waals surface area contributed by atoms with Gasteiger partial charge < -0.3 is 9.47 Å². The zero-order valence-electron chi connectivity index (χ0n) is 14.3. The molecule has 0 aliphatic rings. The highest BCUT2D eigenvalue weighted by atomic mass is 35.5. The van der Waals surface area contributed by atoms with Crippen molar-refractivity contribution in [1.29, 1.82) is 0 Å². The second-order valence-corrected chi connectivity index (χ2v) is 6.46. The molecule has 0 saturated heterocycles. The van der Waals surface area contributed by atoms with E-state index in [-0.39, 0.29) is 16.4 Å². The van der Waals surface area contributed by atoms with Gasteiger partial charge in [0.15, 0.2) is 6.29 Å². The molecule has 0 aliphatic heterocycles. The quantitative estimate of drug-likeness (QED) is 0.653. The average molecular weight is 364 g/mol. The summed E-state index contributed by atoms with van der Waals surface area (Å²) in [6.45, 7) is 5.24. The molecule has 0 radical (unpaired) electrons. The zero-order chi connectivity index (χ0) is 18.6. The van der Waals surface area contributed by atoms with Gasteiger partial charge in [-0.05, 0) is 26.8 Å². The molecule has 2 aromatic heterocycles. The molecule has 132 valence electrons. The van der Waals surface area contributed by atoms with Gasteiger partial charge in [-0.1, -0.05) is 11.6 Å². The number of amides is 1. The number of hydrogen-bond donors (Lipinski definition) is 1. The lowest BCUT2D eigenvalue weighted by atomic mass is 10.1. The second kappa shape index (κ2) is 7.48. The van der Waals surface area contributed by atoms with Crippen molar-refractivity contribution in [2.24, 2.45) is 0 Å². The number of aromatic nitrogens is 2. The van der Waals surface area contributed by atoms with Crippen LogP contribution >= 0.6 is 11.6 Å². The van der Waals surface area contributed by atoms with E-state index in [1.165, 1.54) is 31.6 Å². The summed E-state index contributed by atoms with van der Waals surface area (Å²) >= 11 is 5.86. The Balaban J connectivity index is 2.45. The van der Waals surface area contributed by atoms with Crippen molar-refractivity contribution in [3.8, 4) is 17.0 Å². The van der Waals surface area contributed by atoms with Crippen LogP contribution in [0, 0.1) is 0 Å². The maximum absolute atomic E-state index is 12.0. The molecule has 0 aromatic carbocycles. The third kappa shape index (κ3) is 4.67. The standard InChI is InChI=1S/C17H18ClN3O4/c1-17(2,3)25-16(23)21-12-5-6-19-15(11(12)9-22)10-8-20-14(18)7-13(10)24-4/h5-9H,1-4H3,(H,19,21,23). The molecule has 0 spiro atoms. The van der Waals surface area contributed by atoms with E-state index < -0.39 is 11.7 Å². The summed E-state index contributed by atoms with van der Waals surface area (Å²) in [7, 11) is 1.47. The number of anilines is 1. The normalized spacial score (nSPS) is 10.9. The second-order valence-electron chi connectivity index (χ2n) is 6.07. The van der Waals surface area contributed by atoms with E-state index in [2.05, 4.69) is 15.3 Å². The van der Waals surface area contributed by atoms with Gasteiger partial charge in [0, 0.05) is 18.5 Å². The SMILES string of the molecule is COc1cc(Cl)ncc1-c1nccc(NC(=O)OC(C)(C)C)c1C=O. The van der Waals surface area contributed by atoms with E-state index in [1.807, 2.05) is 0 Å². The molecule has 8 heteroatoms. The summed E-state index contributed by atoms with van der Waals surface area (Å²) in [5, 5.41) is 2.80. The number of methoxy groups -OCH3 is 1. The molecular formula is C17H18ClN3O4. The zero-order valence-corrected chi connectivity index (χ0v) is 15.0. The molecule has 0 unspecified atom stereocenters. The van der Waals surface area contributed by atoms with Crippen molar-refractivity contribution < 1.29 is 19.1 Å². The van der Waals surface area contributed by atoms with Crippen molar-refractivity contribution in [2.75, 3.05) is 12.4 Å². The Hall–Kier alpha value is -2.67. The summed E-state index contributed by atoms with van der Waals surface area (Å²) in [5.41, 5.74) is 0.568. The molecule has 2 aromatic rings. The number of ether oxygens (including phenoxy) is 2. The summed E-state index contributed by atoms with van der Waals surface area (Å²) in [6.07, 6.45) is 2.84. The van der Waals surface area contributed by atoms with Crippen molar-refractivity contribution in [3.05, 3.63) is 35.2 Å². The number of halogens is 1. The van der Waals surface area contributed by atoms with Gasteiger partial charge in [-0.3, -0.25) is 15.1 Å². The minimum atomic E-state index is -0.672. The van der Waals surface area contributed by atoms with Gasteiger partial charge in [-0.25, -0.2) is 9.78 Å². The van der Waals surface area contributed by atoms with Crippen LogP contribution in [0.4, 0.5) is 10.5 Å². The van der Waals surface area contributed by atoms with Gasteiger partial charge in [0.2, 0.25) is 0 Å². The third-order valence-corrected chi connectivity index (χ3v) is 3.26. The molecule has 0 atom stereocenters. The Morgan fingerprint density at radius 2 is 2.04 bits per heavy atom. The van der Waals surface area contributed by atoms with Gasteiger partial charge in [0.1, 0.15) is 16.5 Å². The number of pyridine rings is 2. The van der Waals surface area contributed by atoms with Gasteiger partial charge >= 0.3 is 6.09 Å². The maximum Gasteiger partial charge on any atom is 0.412 e. The molecule has 0 saturated carbocycles. The van der Waals surface area contributed by atoms with E-state index in [1.54, 1.807) is 20.8 Å². The van der Waals surface area contributed by atoms with Crippen molar-refractivity contribution in [2.45, 2.75) is 26.4 Å². The van der Waals surface area contributed by atoms with Crippen LogP contribution in [0.2, 0.25) is 5.15 Å². The fourth-order valence-electron chi connectivity index (χ4n) is 2.09. The Morgan fingerprint density at radius 3 is 2.64 bits per heavy atom. The largest absolute Gasteiger partial charge is 0.496 e. The molecular weight excluding hydrogens is 346 g/mol. The Morgan fingerprint density at radius 1 is 1.32 bits per heavy atom. The van der Waals surface area contributed by atoms with E-state index in [9.17, 15) is 9.59 Å². The van der Waals surface area contributed by atoms with Crippen LogP contribution in [-0.2, 0) is 4.74 Å². The first-order chi connectivity index (χ1) is 11.7. The number of nitrogens with zero attached hydrogens (tertiary/aromatic N) is 2. The van der Waals surface area contributed by atoms with Crippen LogP contribution in [0.25, 0.3) is 11.3 Å². The molecule has 0 bridgehead atoms. The molecule has 0 aliphatic carbocycles. The molecule has 1 N–H and O–H groups in total. The summed E-state index contributed by atoms with van der Waals surface area (Å²) in [6, 6.07) is 3.02. The monoisotopic (exact) mass is 363 g/mol. The molecule has 0 fully saturated rings. The molecule has 2 rings (SSSR count). The van der Waals surface area contributed by atoms with E-state index >= 15 is 0 Å². The van der Waals surface area contributed by atoms with E-state index in [4.69, 9.17) is 21.1 Å². The van der Waals surface area contributed by atoms with Gasteiger partial charge in [-0.15, -0.1) is 0 Å². The predicted molar refractivity (Wildman–Crippen MR) is 94.3 cm³/mol. The maximum atomic E-state index is 12.0. The van der Waals surface area contributed by atoms with Crippen molar-refractivity contribution in [3.63, 3.8) is 0 Å². The first-order valence-corrected chi connectivity index (χ1v) is 7.77. The number of carbonyl (C=O) groups excluding carboxylic acids is 2. The first kappa shape index (κ1) is 18.7. The number of carbonyl (C=O) groups is 2. The molecule has 2 heterocycles. The van der Waals surface area contributed by atoms with E-state index in [0.717, 1.165) is 0 Å². The molecule has 1 amide bonds. The minimum absolute atomic E-state index is 0.177. The Bertz CT molecular complexity index is 803. The number of rotatable bonds is 4. The first-order valence-electron chi connectivity index (χ1n) is 7.39. The fourth-order valence-corrected chi connectivity index (χ4v) is 2.24. The van der Waals surface area contributed by atoms with Crippen LogP contribution in [0.15, 0.2) is 24.5 Å². The van der Waals surface area contributed by atoms with Crippen LogP contribution < -0.4 is 10.1 Å². The molecule has 25 heavy (non-hydrogen) atoms. The fraction of sp³-hybridized carbons (Fsp3) is 0.294. The highest BCUT2D eigenvalue weighted by molar-refractivity contribution is 6.29. The lowest BCUT2D eigenvalue weighted by molar-refractivity contribution is 0.0636. The molecule has 7 nitrogen and oxygen atoms in total. The van der Waals surface area contributed by atoms with Gasteiger partial charge in [0.05, 0.1) is 29.6 Å². The van der Waals surface area contributed by atoms with Crippen LogP contribution in [0.3, 0.4) is 0 Å². The van der Waals surface area contributed by atoms with E-state index in [0.29, 0.717) is 23.3 Å².